The van der Waals surface area contributed by atoms with Gasteiger partial charge in [-0.2, -0.15) is 0 Å². The molecule has 0 aromatic heterocycles. The predicted molar refractivity (Wildman–Crippen MR) is 105 cm³/mol. The first-order chi connectivity index (χ1) is 12.8. The molecule has 1 atom stereocenters. The molecule has 26 heavy (non-hydrogen) atoms. The molecular weight excluding hydrogens is 322 g/mol. The number of rotatable bonds is 9. The number of ether oxygens (including phenoxy) is 1. The fraction of sp³-hybridized carbons (Fsp3) is 0.174. The van der Waals surface area contributed by atoms with Crippen molar-refractivity contribution in [3.63, 3.8) is 0 Å². The van der Waals surface area contributed by atoms with Crippen LogP contribution in [0.25, 0.3) is 0 Å². The molecular formula is C23H23NO2. The zero-order valence-corrected chi connectivity index (χ0v) is 14.7. The molecule has 0 amide bonds. The van der Waals surface area contributed by atoms with Crippen LogP contribution in [0.15, 0.2) is 91.0 Å². The molecule has 0 aliphatic rings. The van der Waals surface area contributed by atoms with Crippen molar-refractivity contribution in [1.82, 2.24) is 0 Å². The highest BCUT2D eigenvalue weighted by molar-refractivity contribution is 5.96. The van der Waals surface area contributed by atoms with E-state index < -0.39 is 0 Å². The van der Waals surface area contributed by atoms with Crippen LogP contribution in [0.1, 0.15) is 22.3 Å². The van der Waals surface area contributed by atoms with E-state index in [4.69, 9.17) is 4.74 Å². The van der Waals surface area contributed by atoms with Crippen LogP contribution in [0.5, 0.6) is 0 Å². The molecule has 3 aromatic carbocycles. The van der Waals surface area contributed by atoms with Gasteiger partial charge in [0.2, 0.25) is 0 Å². The van der Waals surface area contributed by atoms with Gasteiger partial charge in [-0.15, -0.1) is 0 Å². The summed E-state index contributed by atoms with van der Waals surface area (Å²) in [4.78, 5) is 12.6. The van der Waals surface area contributed by atoms with Gasteiger partial charge in [-0.25, -0.2) is 0 Å². The molecule has 0 saturated heterocycles. The number of carbonyl (C=O) groups excluding carboxylic acids is 1. The number of ketones is 1. The Bertz CT molecular complexity index is 788. The molecule has 0 aliphatic heterocycles. The average Bonchev–Trinajstić information content (AvgIpc) is 2.70. The molecule has 3 heteroatoms. The molecule has 1 unspecified atom stereocenters. The Morgan fingerprint density at radius 1 is 0.808 bits per heavy atom. The van der Waals surface area contributed by atoms with Crippen LogP contribution in [0.2, 0.25) is 0 Å². The summed E-state index contributed by atoms with van der Waals surface area (Å²) in [5, 5.41) is 3.42. The Morgan fingerprint density at radius 3 is 2.04 bits per heavy atom. The van der Waals surface area contributed by atoms with Gasteiger partial charge >= 0.3 is 0 Å². The van der Waals surface area contributed by atoms with Gasteiger partial charge in [-0.3, -0.25) is 4.79 Å². The Hall–Kier alpha value is -2.91. The van der Waals surface area contributed by atoms with Gasteiger partial charge < -0.3 is 10.1 Å². The minimum Gasteiger partial charge on any atom is -0.380 e. The normalized spacial score (nSPS) is 11.7. The first kappa shape index (κ1) is 17.9. The first-order valence-corrected chi connectivity index (χ1v) is 8.83. The molecule has 3 aromatic rings. The van der Waals surface area contributed by atoms with Gasteiger partial charge in [0.15, 0.2) is 5.78 Å². The molecule has 0 bridgehead atoms. The minimum absolute atomic E-state index is 0.0891. The van der Waals surface area contributed by atoms with Crippen molar-refractivity contribution < 1.29 is 9.53 Å². The quantitative estimate of drug-likeness (QED) is 0.557. The maximum Gasteiger partial charge on any atom is 0.165 e. The second-order valence-electron chi connectivity index (χ2n) is 6.20. The zero-order valence-electron chi connectivity index (χ0n) is 14.7. The van der Waals surface area contributed by atoms with Crippen LogP contribution in [-0.2, 0) is 11.3 Å². The van der Waals surface area contributed by atoms with Crippen LogP contribution >= 0.6 is 0 Å². The van der Waals surface area contributed by atoms with Crippen LogP contribution in [0.4, 0.5) is 5.69 Å². The fourth-order valence-electron chi connectivity index (χ4n) is 2.78. The van der Waals surface area contributed by atoms with Gasteiger partial charge in [0.1, 0.15) is 0 Å². The second-order valence-corrected chi connectivity index (χ2v) is 6.20. The highest BCUT2D eigenvalue weighted by Gasteiger charge is 2.15. The van der Waals surface area contributed by atoms with Crippen molar-refractivity contribution in [2.24, 2.45) is 0 Å². The van der Waals surface area contributed by atoms with Crippen LogP contribution < -0.4 is 5.32 Å². The van der Waals surface area contributed by atoms with Crippen LogP contribution in [0, 0.1) is 0 Å². The third kappa shape index (κ3) is 5.57. The van der Waals surface area contributed by atoms with Crippen molar-refractivity contribution in [3.8, 4) is 0 Å². The number of anilines is 1. The highest BCUT2D eigenvalue weighted by Crippen LogP contribution is 2.13. The van der Waals surface area contributed by atoms with Gasteiger partial charge in [-0.1, -0.05) is 78.9 Å². The molecule has 0 saturated carbocycles. The van der Waals surface area contributed by atoms with E-state index >= 15 is 0 Å². The van der Waals surface area contributed by atoms with E-state index in [0.29, 0.717) is 19.6 Å². The summed E-state index contributed by atoms with van der Waals surface area (Å²) >= 11 is 0. The molecule has 132 valence electrons. The van der Waals surface area contributed by atoms with E-state index in [1.54, 1.807) is 0 Å². The van der Waals surface area contributed by atoms with E-state index in [9.17, 15) is 4.79 Å². The number of carbonyl (C=O) groups is 1. The smallest absolute Gasteiger partial charge is 0.165 e. The molecule has 0 heterocycles. The van der Waals surface area contributed by atoms with Crippen molar-refractivity contribution in [2.75, 3.05) is 11.9 Å². The van der Waals surface area contributed by atoms with Gasteiger partial charge in [-0.05, 0) is 17.7 Å². The van der Waals surface area contributed by atoms with E-state index in [2.05, 4.69) is 5.32 Å². The SMILES string of the molecule is O=C(CC(COCc1ccccc1)Nc1ccccc1)c1ccccc1. The number of benzene rings is 3. The Morgan fingerprint density at radius 2 is 1.38 bits per heavy atom. The highest BCUT2D eigenvalue weighted by atomic mass is 16.5. The maximum atomic E-state index is 12.6. The van der Waals surface area contributed by atoms with E-state index in [-0.39, 0.29) is 11.8 Å². The number of para-hydroxylation sites is 1. The van der Waals surface area contributed by atoms with Crippen LogP contribution in [-0.4, -0.2) is 18.4 Å². The van der Waals surface area contributed by atoms with Crippen LogP contribution in [0.3, 0.4) is 0 Å². The van der Waals surface area contributed by atoms with Crippen molar-refractivity contribution in [2.45, 2.75) is 19.1 Å². The molecule has 0 fully saturated rings. The summed E-state index contributed by atoms with van der Waals surface area (Å²) in [5.41, 5.74) is 2.84. The van der Waals surface area contributed by atoms with Gasteiger partial charge in [0.25, 0.3) is 0 Å². The lowest BCUT2D eigenvalue weighted by atomic mass is 10.0. The maximum absolute atomic E-state index is 12.6. The third-order valence-electron chi connectivity index (χ3n) is 4.10. The summed E-state index contributed by atoms with van der Waals surface area (Å²) in [6, 6.07) is 29.3. The lowest BCUT2D eigenvalue weighted by molar-refractivity contribution is 0.0893. The molecule has 3 rings (SSSR count). The average molecular weight is 345 g/mol. The summed E-state index contributed by atoms with van der Waals surface area (Å²) in [7, 11) is 0. The van der Waals surface area contributed by atoms with E-state index in [0.717, 1.165) is 16.8 Å². The van der Waals surface area contributed by atoms with E-state index in [1.807, 2.05) is 91.0 Å². The zero-order chi connectivity index (χ0) is 18.0. The summed E-state index contributed by atoms with van der Waals surface area (Å²) in [6.07, 6.45) is 0.383. The Kier molecular flexibility index (Phi) is 6.57. The second kappa shape index (κ2) is 9.54. The van der Waals surface area contributed by atoms with E-state index in [1.165, 1.54) is 0 Å². The predicted octanol–water partition coefficient (Wildman–Crippen LogP) is 4.96. The largest absolute Gasteiger partial charge is 0.380 e. The molecule has 1 N–H and O–H groups in total. The van der Waals surface area contributed by atoms with Gasteiger partial charge in [0, 0.05) is 17.7 Å². The number of hydrogen-bond donors (Lipinski definition) is 1. The molecule has 0 radical (unpaired) electrons. The lowest BCUT2D eigenvalue weighted by Gasteiger charge is -2.20. The first-order valence-electron chi connectivity index (χ1n) is 8.83. The third-order valence-corrected chi connectivity index (χ3v) is 4.10. The molecule has 0 spiro atoms. The summed E-state index contributed by atoms with van der Waals surface area (Å²) in [5.74, 6) is 0.113. The monoisotopic (exact) mass is 345 g/mol. The van der Waals surface area contributed by atoms with Crippen molar-refractivity contribution >= 4 is 11.5 Å². The minimum atomic E-state index is -0.0891. The summed E-state index contributed by atoms with van der Waals surface area (Å²) in [6.45, 7) is 0.996. The number of hydrogen-bond acceptors (Lipinski definition) is 3. The standard InChI is InChI=1S/C23H23NO2/c25-23(20-12-6-2-7-13-20)16-22(24-21-14-8-3-9-15-21)18-26-17-19-10-4-1-5-11-19/h1-15,22,24H,16-18H2. The molecule has 3 nitrogen and oxygen atoms in total. The Balaban J connectivity index is 1.62. The van der Waals surface area contributed by atoms with Crippen molar-refractivity contribution in [3.05, 3.63) is 102 Å². The van der Waals surface area contributed by atoms with Gasteiger partial charge in [0.05, 0.1) is 19.3 Å². The summed E-state index contributed by atoms with van der Waals surface area (Å²) < 4.78 is 5.88. The number of nitrogens with one attached hydrogen (secondary N) is 1. The lowest BCUT2D eigenvalue weighted by Crippen LogP contribution is -2.28. The Labute approximate surface area is 154 Å². The topological polar surface area (TPSA) is 38.3 Å². The molecule has 0 aliphatic carbocycles. The fourth-order valence-corrected chi connectivity index (χ4v) is 2.78. The van der Waals surface area contributed by atoms with Crippen molar-refractivity contribution in [1.29, 1.82) is 0 Å². The number of Topliss-reactive ketones (excluding diaryl/α,β-unsaturated/α-hetero) is 1.